The van der Waals surface area contributed by atoms with Crippen LogP contribution in [0.3, 0.4) is 0 Å². The van der Waals surface area contributed by atoms with Crippen LogP contribution in [0.15, 0.2) is 30.6 Å². The number of thiazole rings is 1. The molecular weight excluding hydrogens is 324 g/mol. The minimum atomic E-state index is -0.216. The zero-order valence-electron chi connectivity index (χ0n) is 13.7. The maximum absolute atomic E-state index is 12.3. The minimum Gasteiger partial charge on any atom is -0.389 e. The summed E-state index contributed by atoms with van der Waals surface area (Å²) in [4.78, 5) is 21.3. The molecule has 0 saturated carbocycles. The van der Waals surface area contributed by atoms with Crippen LogP contribution < -0.4 is 5.32 Å². The number of nitrogens with one attached hydrogen (secondary N) is 1. The normalized spacial score (nSPS) is 10.8. The molecule has 1 amide bonds. The summed E-state index contributed by atoms with van der Waals surface area (Å²) in [6.45, 7) is 5.59. The molecule has 2 heterocycles. The Kier molecular flexibility index (Phi) is 4.46. The number of imidazole rings is 1. The molecule has 2 N–H and O–H groups in total. The van der Waals surface area contributed by atoms with Crippen LogP contribution in [0.25, 0.3) is 5.69 Å². The molecule has 0 atom stereocenters. The lowest BCUT2D eigenvalue weighted by molar-refractivity contribution is 0.103. The number of aliphatic hydroxyl groups excluding tert-OH is 1. The summed E-state index contributed by atoms with van der Waals surface area (Å²) in [5.74, 6) is -0.216. The van der Waals surface area contributed by atoms with Gasteiger partial charge in [0.25, 0.3) is 5.91 Å². The van der Waals surface area contributed by atoms with Gasteiger partial charge < -0.3 is 15.0 Å². The number of nitrogens with zero attached hydrogens (tertiary/aromatic N) is 3. The maximum atomic E-state index is 12.3. The monoisotopic (exact) mass is 342 g/mol. The Labute approximate surface area is 143 Å². The van der Waals surface area contributed by atoms with Gasteiger partial charge in [-0.15, -0.1) is 11.3 Å². The SMILES string of the molecule is Cc1nc(CO)sc1C(=O)Nc1ccc(-n2cnc(C)c2C)cc1. The fourth-order valence-electron chi connectivity index (χ4n) is 2.38. The number of aromatic nitrogens is 3. The summed E-state index contributed by atoms with van der Waals surface area (Å²) in [5.41, 5.74) is 4.40. The molecule has 0 aliphatic carbocycles. The molecule has 0 fully saturated rings. The van der Waals surface area contributed by atoms with E-state index in [1.165, 1.54) is 11.3 Å². The quantitative estimate of drug-likeness (QED) is 0.764. The molecule has 3 aromatic rings. The molecule has 3 rings (SSSR count). The van der Waals surface area contributed by atoms with Crippen molar-refractivity contribution < 1.29 is 9.90 Å². The predicted molar refractivity (Wildman–Crippen MR) is 93.8 cm³/mol. The number of rotatable bonds is 4. The van der Waals surface area contributed by atoms with Crippen LogP contribution in [0.5, 0.6) is 0 Å². The van der Waals surface area contributed by atoms with Gasteiger partial charge in [-0.2, -0.15) is 0 Å². The van der Waals surface area contributed by atoms with Crippen molar-refractivity contribution in [2.75, 3.05) is 5.32 Å². The smallest absolute Gasteiger partial charge is 0.267 e. The Morgan fingerprint density at radius 2 is 1.92 bits per heavy atom. The third-order valence-electron chi connectivity index (χ3n) is 3.84. The van der Waals surface area contributed by atoms with Crippen molar-refractivity contribution in [3.05, 3.63) is 57.6 Å². The van der Waals surface area contributed by atoms with E-state index < -0.39 is 0 Å². The third kappa shape index (κ3) is 3.08. The highest BCUT2D eigenvalue weighted by Gasteiger charge is 2.15. The van der Waals surface area contributed by atoms with E-state index in [1.54, 1.807) is 13.3 Å². The average Bonchev–Trinajstić information content (AvgIpc) is 3.12. The van der Waals surface area contributed by atoms with E-state index in [9.17, 15) is 4.79 Å². The van der Waals surface area contributed by atoms with E-state index in [0.29, 0.717) is 21.3 Å². The molecule has 2 aromatic heterocycles. The fourth-order valence-corrected chi connectivity index (χ4v) is 3.20. The summed E-state index contributed by atoms with van der Waals surface area (Å²) in [6, 6.07) is 7.57. The van der Waals surface area contributed by atoms with Gasteiger partial charge in [-0.1, -0.05) is 0 Å². The maximum Gasteiger partial charge on any atom is 0.267 e. The van der Waals surface area contributed by atoms with Crippen molar-refractivity contribution in [2.24, 2.45) is 0 Å². The third-order valence-corrected chi connectivity index (χ3v) is 4.98. The molecule has 6 nitrogen and oxygen atoms in total. The van der Waals surface area contributed by atoms with Crippen molar-refractivity contribution in [1.82, 2.24) is 14.5 Å². The van der Waals surface area contributed by atoms with Crippen molar-refractivity contribution in [2.45, 2.75) is 27.4 Å². The number of anilines is 1. The van der Waals surface area contributed by atoms with E-state index in [0.717, 1.165) is 17.1 Å². The lowest BCUT2D eigenvalue weighted by Crippen LogP contribution is -2.11. The van der Waals surface area contributed by atoms with Crippen molar-refractivity contribution in [3.8, 4) is 5.69 Å². The van der Waals surface area contributed by atoms with Crippen LogP contribution in [-0.2, 0) is 6.61 Å². The summed E-state index contributed by atoms with van der Waals surface area (Å²) in [5, 5.41) is 12.5. The summed E-state index contributed by atoms with van der Waals surface area (Å²) >= 11 is 1.21. The predicted octanol–water partition coefficient (Wildman–Crippen LogP) is 3.00. The number of carbonyl (C=O) groups is 1. The van der Waals surface area contributed by atoms with E-state index in [4.69, 9.17) is 5.11 Å². The van der Waals surface area contributed by atoms with E-state index in [2.05, 4.69) is 15.3 Å². The van der Waals surface area contributed by atoms with Crippen LogP contribution in [0.4, 0.5) is 5.69 Å². The number of aliphatic hydroxyl groups is 1. The van der Waals surface area contributed by atoms with Gasteiger partial charge in [0, 0.05) is 17.1 Å². The molecule has 0 aliphatic heterocycles. The van der Waals surface area contributed by atoms with Gasteiger partial charge in [0.15, 0.2) is 0 Å². The van der Waals surface area contributed by atoms with E-state index >= 15 is 0 Å². The molecule has 0 radical (unpaired) electrons. The average molecular weight is 342 g/mol. The number of benzene rings is 1. The second kappa shape index (κ2) is 6.54. The Morgan fingerprint density at radius 3 is 2.46 bits per heavy atom. The Balaban J connectivity index is 1.77. The van der Waals surface area contributed by atoms with Gasteiger partial charge in [-0.3, -0.25) is 4.79 Å². The highest BCUT2D eigenvalue weighted by Crippen LogP contribution is 2.21. The first-order chi connectivity index (χ1) is 11.5. The Bertz CT molecular complexity index is 881. The summed E-state index contributed by atoms with van der Waals surface area (Å²) in [7, 11) is 0. The fraction of sp³-hybridized carbons (Fsp3) is 0.235. The van der Waals surface area contributed by atoms with Crippen LogP contribution in [0.2, 0.25) is 0 Å². The second-order valence-electron chi connectivity index (χ2n) is 5.47. The van der Waals surface area contributed by atoms with Gasteiger partial charge in [0.05, 0.1) is 24.3 Å². The Morgan fingerprint density at radius 1 is 1.21 bits per heavy atom. The first kappa shape index (κ1) is 16.4. The summed E-state index contributed by atoms with van der Waals surface area (Å²) in [6.07, 6.45) is 1.79. The number of carbonyl (C=O) groups excluding carboxylic acids is 1. The molecule has 7 heteroatoms. The van der Waals surface area contributed by atoms with Gasteiger partial charge >= 0.3 is 0 Å². The zero-order valence-corrected chi connectivity index (χ0v) is 14.5. The zero-order chi connectivity index (χ0) is 17.3. The molecule has 1 aromatic carbocycles. The van der Waals surface area contributed by atoms with Crippen LogP contribution in [-0.4, -0.2) is 25.5 Å². The van der Waals surface area contributed by atoms with Gasteiger partial charge in [0.2, 0.25) is 0 Å². The Hall–Kier alpha value is -2.51. The highest BCUT2D eigenvalue weighted by molar-refractivity contribution is 7.13. The molecule has 0 saturated heterocycles. The van der Waals surface area contributed by atoms with Crippen molar-refractivity contribution >= 4 is 22.9 Å². The van der Waals surface area contributed by atoms with Crippen LogP contribution in [0.1, 0.15) is 31.8 Å². The van der Waals surface area contributed by atoms with Gasteiger partial charge in [0.1, 0.15) is 9.88 Å². The van der Waals surface area contributed by atoms with E-state index in [1.807, 2.05) is 42.7 Å². The molecule has 0 unspecified atom stereocenters. The van der Waals surface area contributed by atoms with Gasteiger partial charge in [-0.05, 0) is 45.0 Å². The van der Waals surface area contributed by atoms with E-state index in [-0.39, 0.29) is 12.5 Å². The number of hydrogen-bond donors (Lipinski definition) is 2. The number of amides is 1. The van der Waals surface area contributed by atoms with Crippen molar-refractivity contribution in [1.29, 1.82) is 0 Å². The number of aryl methyl sites for hydroxylation is 2. The topological polar surface area (TPSA) is 80.0 Å². The molecule has 0 aliphatic rings. The summed E-state index contributed by atoms with van der Waals surface area (Å²) < 4.78 is 2.00. The van der Waals surface area contributed by atoms with Crippen LogP contribution in [0, 0.1) is 20.8 Å². The second-order valence-corrected chi connectivity index (χ2v) is 6.55. The molecule has 0 spiro atoms. The molecule has 24 heavy (non-hydrogen) atoms. The first-order valence-electron chi connectivity index (χ1n) is 7.49. The number of hydrogen-bond acceptors (Lipinski definition) is 5. The van der Waals surface area contributed by atoms with Crippen LogP contribution >= 0.6 is 11.3 Å². The largest absolute Gasteiger partial charge is 0.389 e. The minimum absolute atomic E-state index is 0.156. The highest BCUT2D eigenvalue weighted by atomic mass is 32.1. The standard InChI is InChI=1S/C17H18N4O2S/c1-10-12(3)21(9-18-10)14-6-4-13(5-7-14)20-17(23)16-11(2)19-15(8-22)24-16/h4-7,9,22H,8H2,1-3H3,(H,20,23). The lowest BCUT2D eigenvalue weighted by Gasteiger charge is -2.08. The first-order valence-corrected chi connectivity index (χ1v) is 8.30. The molecule has 0 bridgehead atoms. The van der Waals surface area contributed by atoms with Gasteiger partial charge in [-0.25, -0.2) is 9.97 Å². The molecular formula is C17H18N4O2S. The lowest BCUT2D eigenvalue weighted by atomic mass is 10.2. The van der Waals surface area contributed by atoms with Crippen molar-refractivity contribution in [3.63, 3.8) is 0 Å². The molecule has 124 valence electrons.